The Hall–Kier alpha value is -16.5. The van der Waals surface area contributed by atoms with E-state index in [-0.39, 0.29) is 163 Å². The summed E-state index contributed by atoms with van der Waals surface area (Å²) in [5.74, 6) is -4.51. The summed E-state index contributed by atoms with van der Waals surface area (Å²) in [6.07, 6.45) is 10.5. The van der Waals surface area contributed by atoms with Crippen LogP contribution in [0.25, 0.3) is 0 Å². The highest BCUT2D eigenvalue weighted by molar-refractivity contribution is 6.17. The number of rotatable bonds is 37. The lowest BCUT2D eigenvalue weighted by Crippen LogP contribution is -2.39. The lowest BCUT2D eigenvalue weighted by Gasteiger charge is -2.23. The van der Waals surface area contributed by atoms with Crippen molar-refractivity contribution in [3.63, 3.8) is 0 Å². The maximum absolute atomic E-state index is 14.1. The van der Waals surface area contributed by atoms with Crippen LogP contribution in [0.15, 0.2) is 192 Å². The summed E-state index contributed by atoms with van der Waals surface area (Å²) in [6, 6.07) is 55.1. The van der Waals surface area contributed by atoms with Crippen LogP contribution in [0.2, 0.25) is 0 Å². The van der Waals surface area contributed by atoms with E-state index in [1.165, 1.54) is 25.3 Å². The third-order valence-electron chi connectivity index (χ3n) is 28.7. The molecule has 10 aromatic rings. The first-order valence-corrected chi connectivity index (χ1v) is 50.6. The average Bonchev–Trinajstić information content (AvgIpc) is 1.62. The van der Waals surface area contributed by atoms with Crippen LogP contribution in [0.3, 0.4) is 0 Å². The fourth-order valence-electron chi connectivity index (χ4n) is 20.8. The van der Waals surface area contributed by atoms with Crippen molar-refractivity contribution in [1.29, 1.82) is 0 Å². The minimum atomic E-state index is -0.933. The number of Topliss-reactive ketones (excluding diaryl/α,β-unsaturated/α-hetero) is 2. The lowest BCUT2D eigenvalue weighted by atomic mass is 9.98. The van der Waals surface area contributed by atoms with Gasteiger partial charge in [0.15, 0.2) is 34.6 Å². The number of carboxylic acids is 1. The molecule has 9 aliphatic heterocycles. The van der Waals surface area contributed by atoms with Crippen LogP contribution >= 0.6 is 0 Å². The van der Waals surface area contributed by atoms with Gasteiger partial charge in [-0.1, -0.05) is 94.1 Å². The Morgan fingerprint density at radius 2 is 0.747 bits per heavy atom. The van der Waals surface area contributed by atoms with Gasteiger partial charge in [0.25, 0.3) is 35.4 Å². The van der Waals surface area contributed by atoms with Crippen LogP contribution in [-0.4, -0.2) is 156 Å². The first-order chi connectivity index (χ1) is 71.8. The van der Waals surface area contributed by atoms with Crippen LogP contribution in [-0.2, 0) is 118 Å². The molecule has 33 heteroatoms. The number of nitrogens with one attached hydrogen (secondary N) is 4. The number of aryl methyl sites for hydroxylation is 4. The van der Waals surface area contributed by atoms with Crippen molar-refractivity contribution in [2.45, 2.75) is 240 Å². The van der Waals surface area contributed by atoms with Gasteiger partial charge in [0.05, 0.1) is 60.9 Å². The van der Waals surface area contributed by atoms with Gasteiger partial charge in [0.2, 0.25) is 23.6 Å². The van der Waals surface area contributed by atoms with Gasteiger partial charge in [-0.3, -0.25) is 82.1 Å². The van der Waals surface area contributed by atoms with Crippen molar-refractivity contribution < 1.29 is 105 Å². The van der Waals surface area contributed by atoms with E-state index in [4.69, 9.17) is 48.4 Å². The van der Waals surface area contributed by atoms with E-state index in [9.17, 15) is 67.1 Å². The monoisotopic (exact) mass is 2030 g/mol. The molecule has 33 nitrogen and oxygen atoms in total. The summed E-state index contributed by atoms with van der Waals surface area (Å²) in [7, 11) is 3.01. The molecule has 8 atom stereocenters. The number of para-hydroxylation sites is 4. The van der Waals surface area contributed by atoms with E-state index in [0.717, 1.165) is 81.8 Å². The summed E-state index contributed by atoms with van der Waals surface area (Å²) in [5, 5.41) is 20.6. The number of methoxy groups -OCH3 is 2. The zero-order valence-electron chi connectivity index (χ0n) is 84.2. The first-order valence-electron chi connectivity index (χ1n) is 50.6. The number of anilines is 6. The fourth-order valence-corrected chi connectivity index (χ4v) is 20.8. The minimum Gasteiger partial charge on any atom is -0.493 e. The van der Waals surface area contributed by atoms with Crippen molar-refractivity contribution in [1.82, 2.24) is 15.7 Å². The number of aliphatic imine (C=N–C) groups is 2. The molecule has 150 heavy (non-hydrogen) atoms. The predicted molar refractivity (Wildman–Crippen MR) is 563 cm³/mol. The molecule has 0 spiro atoms. The topological polar surface area (TPSA) is 413 Å². The number of carbonyl (C=O) groups excluding carboxylic acids is 13. The maximum Gasteiger partial charge on any atom is 0.333 e. The van der Waals surface area contributed by atoms with Gasteiger partial charge in [-0.2, -0.15) is 0 Å². The minimum absolute atomic E-state index is 0. The molecule has 5 N–H and O–H groups in total. The molecular formula is C117H121N11O22. The van der Waals surface area contributed by atoms with Crippen molar-refractivity contribution in [2.75, 3.05) is 44.5 Å². The molecule has 10 aromatic carbocycles. The van der Waals surface area contributed by atoms with Crippen LogP contribution in [0.5, 0.6) is 34.5 Å². The second-order valence-corrected chi connectivity index (χ2v) is 39.5. The second kappa shape index (κ2) is 45.9. The van der Waals surface area contributed by atoms with Crippen LogP contribution in [0.4, 0.5) is 45.5 Å². The number of hydrogen-bond acceptors (Lipinski definition) is 23. The molecule has 0 unspecified atom stereocenters. The largest absolute Gasteiger partial charge is 0.493 e. The molecule has 10 amide bonds. The maximum atomic E-state index is 14.1. The van der Waals surface area contributed by atoms with E-state index < -0.39 is 65.4 Å². The molecule has 0 aliphatic carbocycles. The Morgan fingerprint density at radius 1 is 0.393 bits per heavy atom. The van der Waals surface area contributed by atoms with Crippen LogP contribution < -0.4 is 69.3 Å². The highest BCUT2D eigenvalue weighted by atomic mass is 16.7. The highest BCUT2D eigenvalue weighted by Gasteiger charge is 2.44. The Balaban J connectivity index is 0.000000204. The van der Waals surface area contributed by atoms with Crippen molar-refractivity contribution in [3.05, 3.63) is 271 Å². The molecule has 19 rings (SSSR count). The number of nitrogens with zero attached hydrogens (tertiary/aromatic N) is 7. The molecule has 0 radical (unpaired) electrons. The zero-order chi connectivity index (χ0) is 105. The molecule has 9 aliphatic rings. The summed E-state index contributed by atoms with van der Waals surface area (Å²) in [6.45, 7) is 10.4. The van der Waals surface area contributed by atoms with Gasteiger partial charge >= 0.3 is 11.9 Å². The SMILES string of the molecule is C.COc1cc2c(cc1OCc1cc(COc3cc4c(cc3C)C(=O)N3c5ccccc5C[C@H]3CC4)cc(NC(=O)[C@H](C)CC(=O)[C@H](C)NC(=O)CCCCC(=O)O)c1)N=C[C@@H]1Cc3ccccc3N1C2=O.COc1cc2c(cc1OCc1cc(COc3cc4c(cc3C)C(=O)N3c5ccccc5C[C@H]3CC4)cc(NC(=O)[C@H](C)CC(=O)[C@H](C)NC(=O)CCCCC(=O)ON3C(=O)CCC3=O)c1)N=C[C@@H]1Cc3ccccc3N1C2=O. The lowest BCUT2D eigenvalue weighted by molar-refractivity contribution is -0.197. The van der Waals surface area contributed by atoms with Gasteiger partial charge < -0.3 is 69.4 Å². The number of aliphatic carboxylic acids is 1. The molecule has 0 saturated carbocycles. The number of carbonyl (C=O) groups is 14. The first kappa shape index (κ1) is 105. The number of ether oxygens (including phenoxy) is 6. The standard InChI is InChI=1S/C60H60N6O12.C56H57N5O10.CH4/c1-34-21-45-39(17-18-43-26-40-11-5-7-13-48(40)64(43)59(45)73)28-51(34)76-32-37-23-38(33-77-53-30-47-46(29-52(53)75-4)60(74)65-44(31-61-47)27-41-12-6-8-14-49(41)65)25-42(24-37)63-58(72)35(2)22-50(67)36(3)62-54(68)15-9-10-16-57(71)78-66-55(69)19-20-56(66)70;1-32-19-43-37(17-18-41-24-38-11-5-7-13-46(38)60(41)55(43)67)26-49(32)70-30-35-21-36(23-40(22-35)59-54(66)33(2)20-48(62)34(3)58-52(63)15-9-10-16-53(64)65)31-71-51-28-45-44(27-50(51)69-4)56(68)61-42(29-57-45)25-39-12-6-8-14-47(39)61;/h5-8,11-14,21,23-25,28-31,35-36,43-44H,9-10,15-20,22,26-27,32-33H2,1-4H3,(H,62,68)(H,63,72);5-8,11-14,19,21-23,26-29,33-34,41-42H,9-10,15-18,20,24-25,30-31H2,1-4H3,(H,58,63)(H,59,66)(H,64,65);1H4/t35-,36+,43-,44+;33-,34+,41-,42+;/m11./s1. The Labute approximate surface area is 868 Å². The van der Waals surface area contributed by atoms with Gasteiger partial charge in [0, 0.05) is 158 Å². The molecule has 0 bridgehead atoms. The predicted octanol–water partition coefficient (Wildman–Crippen LogP) is 17.5. The molecular weight excluding hydrogens is 1910 g/mol. The highest BCUT2D eigenvalue weighted by Crippen LogP contribution is 2.47. The summed E-state index contributed by atoms with van der Waals surface area (Å²) in [5.41, 5.74) is 18.1. The van der Waals surface area contributed by atoms with Crippen molar-refractivity contribution in [2.24, 2.45) is 21.8 Å². The number of amides is 10. The fraction of sp³-hybridized carbons (Fsp3) is 0.350. The Bertz CT molecular complexity index is 7110. The van der Waals surface area contributed by atoms with Gasteiger partial charge in [-0.15, -0.1) is 5.06 Å². The van der Waals surface area contributed by atoms with Crippen molar-refractivity contribution in [3.8, 4) is 34.5 Å². The Kier molecular flexibility index (Phi) is 32.1. The van der Waals surface area contributed by atoms with E-state index in [1.54, 1.807) is 98.5 Å². The normalized spacial score (nSPS) is 17.2. The molecule has 776 valence electrons. The summed E-state index contributed by atoms with van der Waals surface area (Å²) >= 11 is 0. The number of fused-ring (bicyclic) bond motifs is 16. The van der Waals surface area contributed by atoms with Crippen molar-refractivity contribution >= 4 is 141 Å². The number of unbranched alkanes of at least 4 members (excludes halogenated alkanes) is 2. The number of ketones is 2. The quantitative estimate of drug-likeness (QED) is 0.0178. The van der Waals surface area contributed by atoms with Gasteiger partial charge in [-0.25, -0.2) is 4.79 Å². The van der Waals surface area contributed by atoms with Gasteiger partial charge in [-0.05, 0) is 256 Å². The molecule has 1 fully saturated rings. The number of imide groups is 1. The molecule has 1 saturated heterocycles. The smallest absolute Gasteiger partial charge is 0.333 e. The van der Waals surface area contributed by atoms with Crippen LogP contribution in [0, 0.1) is 25.7 Å². The van der Waals surface area contributed by atoms with E-state index in [1.807, 2.05) is 145 Å². The second-order valence-electron chi connectivity index (χ2n) is 39.5. The molecule has 9 heterocycles. The number of hydrogen-bond donors (Lipinski definition) is 5. The molecule has 0 aromatic heterocycles. The third kappa shape index (κ3) is 23.2. The van der Waals surface area contributed by atoms with Crippen LogP contribution in [0.1, 0.15) is 233 Å². The third-order valence-corrected chi connectivity index (χ3v) is 28.7. The summed E-state index contributed by atoms with van der Waals surface area (Å²) in [4.78, 5) is 204. The number of benzene rings is 10. The van der Waals surface area contributed by atoms with E-state index in [2.05, 4.69) is 33.4 Å². The average molecular weight is 2030 g/mol. The number of carboxylic acid groups (broad SMARTS) is 1. The van der Waals surface area contributed by atoms with Gasteiger partial charge in [0.1, 0.15) is 37.9 Å². The number of hydroxylamine groups is 2. The zero-order valence-corrected chi connectivity index (χ0v) is 84.2. The summed E-state index contributed by atoms with van der Waals surface area (Å²) < 4.78 is 37.4. The Morgan fingerprint density at radius 3 is 1.13 bits per heavy atom. The van der Waals surface area contributed by atoms with E-state index >= 15 is 0 Å². The van der Waals surface area contributed by atoms with E-state index in [0.29, 0.717) is 145 Å².